The molecule has 1 fully saturated rings. The van der Waals surface area contributed by atoms with Gasteiger partial charge in [0.15, 0.2) is 0 Å². The molecular formula is C13H15ClN2O2. The number of urea groups is 1. The lowest BCUT2D eigenvalue weighted by Gasteiger charge is -2.24. The lowest BCUT2D eigenvalue weighted by molar-refractivity contribution is -0.122. The highest BCUT2D eigenvalue weighted by Crippen LogP contribution is 2.20. The highest BCUT2D eigenvalue weighted by Gasteiger charge is 2.39. The van der Waals surface area contributed by atoms with Gasteiger partial charge in [-0.25, -0.2) is 4.79 Å². The summed E-state index contributed by atoms with van der Waals surface area (Å²) in [6, 6.07) is 6.54. The number of halogens is 1. The molecule has 0 aromatic heterocycles. The molecule has 1 aromatic carbocycles. The summed E-state index contributed by atoms with van der Waals surface area (Å²) >= 11 is 5.81. The summed E-state index contributed by atoms with van der Waals surface area (Å²) < 4.78 is 0. The van der Waals surface area contributed by atoms with Crippen molar-refractivity contribution in [2.24, 2.45) is 5.92 Å². The molecule has 1 N–H and O–H groups in total. The summed E-state index contributed by atoms with van der Waals surface area (Å²) in [6.45, 7) is 4.27. The lowest BCUT2D eigenvalue weighted by Crippen LogP contribution is -2.38. The average Bonchev–Trinajstić information content (AvgIpc) is 2.57. The van der Waals surface area contributed by atoms with Crippen LogP contribution in [0.15, 0.2) is 24.3 Å². The molecular weight excluding hydrogens is 252 g/mol. The Morgan fingerprint density at radius 1 is 1.28 bits per heavy atom. The van der Waals surface area contributed by atoms with Crippen molar-refractivity contribution in [1.29, 1.82) is 0 Å². The molecule has 4 nitrogen and oxygen atoms in total. The molecule has 0 aliphatic carbocycles. The Morgan fingerprint density at radius 3 is 2.44 bits per heavy atom. The molecule has 2 rings (SSSR count). The van der Waals surface area contributed by atoms with E-state index in [4.69, 9.17) is 11.6 Å². The average molecular weight is 267 g/mol. The number of nitrogens with zero attached hydrogens (tertiary/aromatic N) is 1. The van der Waals surface area contributed by atoms with E-state index < -0.39 is 6.04 Å². The monoisotopic (exact) mass is 266 g/mol. The molecule has 3 amide bonds. The first kappa shape index (κ1) is 12.9. The van der Waals surface area contributed by atoms with Gasteiger partial charge in [-0.15, -0.1) is 0 Å². The second-order valence-electron chi connectivity index (χ2n) is 4.74. The van der Waals surface area contributed by atoms with E-state index in [9.17, 15) is 9.59 Å². The van der Waals surface area contributed by atoms with Crippen LogP contribution in [0.2, 0.25) is 5.02 Å². The number of nitrogens with one attached hydrogen (secondary N) is 1. The van der Waals surface area contributed by atoms with Gasteiger partial charge in [0.25, 0.3) is 5.91 Å². The highest BCUT2D eigenvalue weighted by molar-refractivity contribution is 6.30. The number of hydrogen-bond acceptors (Lipinski definition) is 2. The third kappa shape index (κ3) is 2.48. The van der Waals surface area contributed by atoms with Crippen LogP contribution >= 0.6 is 11.6 Å². The zero-order chi connectivity index (χ0) is 13.3. The van der Waals surface area contributed by atoms with Crippen LogP contribution in [0, 0.1) is 5.92 Å². The van der Waals surface area contributed by atoms with Crippen molar-refractivity contribution in [2.75, 3.05) is 0 Å². The largest absolute Gasteiger partial charge is 0.325 e. The Labute approximate surface area is 111 Å². The van der Waals surface area contributed by atoms with Crippen LogP contribution in [0.1, 0.15) is 19.4 Å². The summed E-state index contributed by atoms with van der Waals surface area (Å²) in [5.41, 5.74) is 0.954. The van der Waals surface area contributed by atoms with Crippen molar-refractivity contribution in [3.8, 4) is 0 Å². The van der Waals surface area contributed by atoms with Crippen molar-refractivity contribution >= 4 is 23.5 Å². The van der Waals surface area contributed by atoms with Gasteiger partial charge in [0, 0.05) is 11.6 Å². The maximum Gasteiger partial charge on any atom is 0.325 e. The fraction of sp³-hybridized carbons (Fsp3) is 0.385. The Balaban J connectivity index is 2.18. The van der Waals surface area contributed by atoms with E-state index in [1.807, 2.05) is 26.0 Å². The minimum atomic E-state index is -0.395. The van der Waals surface area contributed by atoms with Crippen molar-refractivity contribution in [1.82, 2.24) is 10.2 Å². The van der Waals surface area contributed by atoms with E-state index in [-0.39, 0.29) is 17.9 Å². The van der Waals surface area contributed by atoms with Gasteiger partial charge in [-0.3, -0.25) is 10.1 Å². The molecule has 0 radical (unpaired) electrons. The molecule has 5 heteroatoms. The predicted octanol–water partition coefficient (Wildman–Crippen LogP) is 2.42. The summed E-state index contributed by atoms with van der Waals surface area (Å²) in [5, 5.41) is 3.01. The minimum absolute atomic E-state index is 0.0868. The maximum absolute atomic E-state index is 11.7. The van der Waals surface area contributed by atoms with Crippen LogP contribution in [-0.4, -0.2) is 22.9 Å². The fourth-order valence-electron chi connectivity index (χ4n) is 2.14. The maximum atomic E-state index is 11.7. The van der Waals surface area contributed by atoms with Gasteiger partial charge in [0.05, 0.1) is 0 Å². The van der Waals surface area contributed by atoms with Gasteiger partial charge in [0.2, 0.25) is 0 Å². The van der Waals surface area contributed by atoms with Crippen molar-refractivity contribution in [2.45, 2.75) is 26.4 Å². The molecule has 1 aliphatic heterocycles. The topological polar surface area (TPSA) is 49.4 Å². The van der Waals surface area contributed by atoms with E-state index in [0.29, 0.717) is 11.6 Å². The molecule has 96 valence electrons. The van der Waals surface area contributed by atoms with Crippen molar-refractivity contribution in [3.05, 3.63) is 34.9 Å². The van der Waals surface area contributed by atoms with Crippen LogP contribution in [0.4, 0.5) is 4.79 Å². The third-order valence-corrected chi connectivity index (χ3v) is 3.25. The highest BCUT2D eigenvalue weighted by atomic mass is 35.5. The van der Waals surface area contributed by atoms with Crippen LogP contribution in [0.3, 0.4) is 0 Å². The summed E-state index contributed by atoms with van der Waals surface area (Å²) in [6.07, 6.45) is 0. The van der Waals surface area contributed by atoms with E-state index in [2.05, 4.69) is 5.32 Å². The first-order valence-corrected chi connectivity index (χ1v) is 6.22. The summed E-state index contributed by atoms with van der Waals surface area (Å²) in [4.78, 5) is 25.0. The minimum Gasteiger partial charge on any atom is -0.308 e. The number of rotatable bonds is 3. The quantitative estimate of drug-likeness (QED) is 0.854. The SMILES string of the molecule is CC(C)[C@@H]1C(=O)NC(=O)N1Cc1ccc(Cl)cc1. The van der Waals surface area contributed by atoms with Crippen molar-refractivity contribution < 1.29 is 9.59 Å². The van der Waals surface area contributed by atoms with Crippen LogP contribution in [-0.2, 0) is 11.3 Å². The molecule has 18 heavy (non-hydrogen) atoms. The Hall–Kier alpha value is -1.55. The first-order chi connectivity index (χ1) is 8.49. The molecule has 0 bridgehead atoms. The first-order valence-electron chi connectivity index (χ1n) is 5.85. The molecule has 0 saturated carbocycles. The smallest absolute Gasteiger partial charge is 0.308 e. The predicted molar refractivity (Wildman–Crippen MR) is 69.2 cm³/mol. The molecule has 1 aliphatic rings. The fourth-order valence-corrected chi connectivity index (χ4v) is 2.26. The van der Waals surface area contributed by atoms with Crippen LogP contribution < -0.4 is 5.32 Å². The van der Waals surface area contributed by atoms with Gasteiger partial charge >= 0.3 is 6.03 Å². The lowest BCUT2D eigenvalue weighted by atomic mass is 10.0. The van der Waals surface area contributed by atoms with Crippen LogP contribution in [0.5, 0.6) is 0 Å². The van der Waals surface area contributed by atoms with Gasteiger partial charge < -0.3 is 4.90 Å². The molecule has 1 saturated heterocycles. The van der Waals surface area contributed by atoms with E-state index in [0.717, 1.165) is 5.56 Å². The van der Waals surface area contributed by atoms with Gasteiger partial charge in [-0.2, -0.15) is 0 Å². The van der Waals surface area contributed by atoms with E-state index in [1.165, 1.54) is 0 Å². The molecule has 0 spiro atoms. The Morgan fingerprint density at radius 2 is 1.89 bits per heavy atom. The summed E-state index contributed by atoms with van der Waals surface area (Å²) in [5.74, 6) is -0.132. The zero-order valence-electron chi connectivity index (χ0n) is 10.3. The molecule has 0 unspecified atom stereocenters. The normalized spacial score (nSPS) is 19.6. The zero-order valence-corrected chi connectivity index (χ0v) is 11.1. The number of carbonyl (C=O) groups is 2. The number of hydrogen-bond donors (Lipinski definition) is 1. The second kappa shape index (κ2) is 4.98. The standard InChI is InChI=1S/C13H15ClN2O2/c1-8(2)11-12(17)15-13(18)16(11)7-9-3-5-10(14)6-4-9/h3-6,8,11H,7H2,1-2H3,(H,15,17,18)/t11-/m1/s1. The van der Waals surface area contributed by atoms with Gasteiger partial charge in [0.1, 0.15) is 6.04 Å². The van der Waals surface area contributed by atoms with Gasteiger partial charge in [-0.1, -0.05) is 37.6 Å². The molecule has 1 aromatic rings. The molecule has 1 atom stereocenters. The number of carbonyl (C=O) groups excluding carboxylic acids is 2. The van der Waals surface area contributed by atoms with Gasteiger partial charge in [-0.05, 0) is 23.6 Å². The van der Waals surface area contributed by atoms with Crippen LogP contribution in [0.25, 0.3) is 0 Å². The number of benzene rings is 1. The van der Waals surface area contributed by atoms with E-state index in [1.54, 1.807) is 17.0 Å². The number of amides is 3. The van der Waals surface area contributed by atoms with Crippen molar-refractivity contribution in [3.63, 3.8) is 0 Å². The molecule has 1 heterocycles. The summed E-state index contributed by atoms with van der Waals surface area (Å²) in [7, 11) is 0. The third-order valence-electron chi connectivity index (χ3n) is 2.99. The van der Waals surface area contributed by atoms with E-state index >= 15 is 0 Å². The second-order valence-corrected chi connectivity index (χ2v) is 5.17. The Bertz CT molecular complexity index is 470. The Kier molecular flexibility index (Phi) is 3.57. The number of imide groups is 1.